The van der Waals surface area contributed by atoms with Crippen molar-refractivity contribution in [3.63, 3.8) is 0 Å². The van der Waals surface area contributed by atoms with Crippen molar-refractivity contribution in [3.05, 3.63) is 33.0 Å². The molecule has 0 spiro atoms. The van der Waals surface area contributed by atoms with E-state index in [1.807, 2.05) is 26.8 Å². The molecule has 0 aromatic carbocycles. The first kappa shape index (κ1) is 16.0. The van der Waals surface area contributed by atoms with Gasteiger partial charge in [-0.15, -0.1) is 0 Å². The molecule has 16 heavy (non-hydrogen) atoms. The fourth-order valence-electron chi connectivity index (χ4n) is 1.68. The number of aliphatic hydroxyl groups is 1. The van der Waals surface area contributed by atoms with Crippen molar-refractivity contribution in [1.29, 1.82) is 0 Å². The van der Waals surface area contributed by atoms with Crippen LogP contribution in [0.15, 0.2) is 33.0 Å². The Morgan fingerprint density at radius 1 is 1.06 bits per heavy atom. The third-order valence-electron chi connectivity index (χ3n) is 2.43. The van der Waals surface area contributed by atoms with E-state index in [4.69, 9.17) is 0 Å². The second-order valence-corrected chi connectivity index (χ2v) is 19.9. The first-order chi connectivity index (χ1) is 7.17. The molecule has 1 atom stereocenters. The summed E-state index contributed by atoms with van der Waals surface area (Å²) in [5, 5.41) is 9.99. The number of rotatable bonds is 4. The van der Waals surface area contributed by atoms with Crippen LogP contribution in [0.2, 0.25) is 14.8 Å². The molecule has 0 aliphatic rings. The normalized spacial score (nSPS) is 17.6. The quantitative estimate of drug-likeness (QED) is 0.468. The molecule has 0 rings (SSSR count). The molecule has 0 unspecified atom stereocenters. The number of hydrogen-bond donors (Lipinski definition) is 1. The number of allylic oxidation sites excluding steroid dienone is 3. The van der Waals surface area contributed by atoms with Gasteiger partial charge in [-0.3, -0.25) is 0 Å². The van der Waals surface area contributed by atoms with E-state index < -0.39 is 24.5 Å². The molecule has 2 heteroatoms. The van der Waals surface area contributed by atoms with Gasteiger partial charge in [0.2, 0.25) is 0 Å². The molecule has 0 saturated heterocycles. The van der Waals surface area contributed by atoms with Crippen LogP contribution in [0.4, 0.5) is 0 Å². The van der Waals surface area contributed by atoms with Crippen LogP contribution in [0, 0.1) is 0 Å². The van der Waals surface area contributed by atoms with E-state index in [-0.39, 0.29) is 0 Å². The predicted octanol–water partition coefficient (Wildman–Crippen LogP) is 4.08. The van der Waals surface area contributed by atoms with Crippen LogP contribution in [-0.2, 0) is 0 Å². The molecule has 0 radical (unpaired) electrons. The summed E-state index contributed by atoms with van der Waals surface area (Å²) in [6.45, 7) is 8.04. The number of hydrogen-bond acceptors (Lipinski definition) is 1. The fraction of sp³-hybridized carbons (Fsp3) is 0.571. The molecule has 0 aromatic heterocycles. The monoisotopic (exact) mass is 330 g/mol. The van der Waals surface area contributed by atoms with E-state index in [0.29, 0.717) is 0 Å². The fourth-order valence-corrected chi connectivity index (χ4v) is 5.82. The number of aliphatic hydroxyl groups excluding tert-OH is 1. The Labute approximate surface area is 105 Å². The Kier molecular flexibility index (Phi) is 6.64. The van der Waals surface area contributed by atoms with Crippen molar-refractivity contribution in [2.75, 3.05) is 0 Å². The maximum atomic E-state index is 9.99. The van der Waals surface area contributed by atoms with Gasteiger partial charge < -0.3 is 0 Å². The third kappa shape index (κ3) is 6.54. The van der Waals surface area contributed by atoms with E-state index in [2.05, 4.69) is 31.9 Å². The van der Waals surface area contributed by atoms with E-state index in [1.54, 1.807) is 0 Å². The van der Waals surface area contributed by atoms with Crippen molar-refractivity contribution >= 4 is 18.4 Å². The van der Waals surface area contributed by atoms with Crippen LogP contribution in [-0.4, -0.2) is 29.6 Å². The van der Waals surface area contributed by atoms with E-state index in [0.717, 1.165) is 11.1 Å². The summed E-state index contributed by atoms with van der Waals surface area (Å²) in [6.07, 6.45) is 3.65. The molecule has 0 aliphatic heterocycles. The summed E-state index contributed by atoms with van der Waals surface area (Å²) in [4.78, 5) is 7.15. The van der Waals surface area contributed by atoms with Crippen LogP contribution in [0.3, 0.4) is 0 Å². The Hall–Kier alpha value is -0.0213. The molecule has 92 valence electrons. The van der Waals surface area contributed by atoms with E-state index >= 15 is 0 Å². The molecule has 0 fully saturated rings. The summed E-state index contributed by atoms with van der Waals surface area (Å²) in [7, 11) is 0. The van der Waals surface area contributed by atoms with Gasteiger partial charge in [0, 0.05) is 0 Å². The van der Waals surface area contributed by atoms with E-state index in [9.17, 15) is 5.11 Å². The van der Waals surface area contributed by atoms with Gasteiger partial charge in [0.25, 0.3) is 0 Å². The summed E-state index contributed by atoms with van der Waals surface area (Å²) in [6, 6.07) is 0. The SMILES string of the molecule is C/C=C(\C)[C@@H](O)/C(C)=C/C(C)=[CH]/[Sn]([CH3])([CH3])[CH3]. The standard InChI is InChI=1S/C11H17O.3CH3.Sn/c1-6-9(4)11(12)10(5)7-8(2)3;;;;/h2,6-7,11-12H,1,3-5H3;3*1H3;/b8-2?,9-6+,10-7+;;;;/t11-;;;;/m1..../s1. The Balaban J connectivity index is 4.86. The zero-order valence-electron chi connectivity index (χ0n) is 11.8. The average molecular weight is 329 g/mol. The van der Waals surface area contributed by atoms with Crippen molar-refractivity contribution in [2.45, 2.75) is 48.6 Å². The summed E-state index contributed by atoms with van der Waals surface area (Å²) in [5.74, 6) is 0. The average Bonchev–Trinajstić information content (AvgIpc) is 2.12. The molecule has 0 aromatic rings. The Bertz CT molecular complexity index is 316. The molecule has 0 aliphatic carbocycles. The van der Waals surface area contributed by atoms with Crippen molar-refractivity contribution < 1.29 is 5.11 Å². The molecule has 0 heterocycles. The summed E-state index contributed by atoms with van der Waals surface area (Å²) < 4.78 is 2.43. The molecular formula is C14H26OSn. The van der Waals surface area contributed by atoms with Crippen molar-refractivity contribution in [1.82, 2.24) is 0 Å². The first-order valence-corrected chi connectivity index (χ1v) is 16.1. The van der Waals surface area contributed by atoms with Crippen LogP contribution < -0.4 is 0 Å². The first-order valence-electron chi connectivity index (χ1n) is 5.86. The van der Waals surface area contributed by atoms with Gasteiger partial charge >= 0.3 is 105 Å². The van der Waals surface area contributed by atoms with Gasteiger partial charge in [-0.1, -0.05) is 0 Å². The molecular weight excluding hydrogens is 303 g/mol. The second-order valence-electron chi connectivity index (χ2n) is 5.58. The van der Waals surface area contributed by atoms with Crippen LogP contribution in [0.5, 0.6) is 0 Å². The van der Waals surface area contributed by atoms with Gasteiger partial charge in [0.05, 0.1) is 0 Å². The Morgan fingerprint density at radius 2 is 1.56 bits per heavy atom. The second kappa shape index (κ2) is 6.65. The van der Waals surface area contributed by atoms with Gasteiger partial charge in [0.1, 0.15) is 0 Å². The summed E-state index contributed by atoms with van der Waals surface area (Å²) >= 11 is -1.85. The molecule has 0 bridgehead atoms. The summed E-state index contributed by atoms with van der Waals surface area (Å²) in [5.41, 5.74) is 3.34. The minimum atomic E-state index is -1.85. The van der Waals surface area contributed by atoms with Gasteiger partial charge in [-0.25, -0.2) is 0 Å². The van der Waals surface area contributed by atoms with E-state index in [1.165, 1.54) is 5.57 Å². The third-order valence-corrected chi connectivity index (χ3v) is 6.21. The van der Waals surface area contributed by atoms with Crippen LogP contribution in [0.25, 0.3) is 0 Å². The minimum absolute atomic E-state index is 0.427. The van der Waals surface area contributed by atoms with Crippen molar-refractivity contribution in [3.8, 4) is 0 Å². The zero-order valence-corrected chi connectivity index (χ0v) is 14.6. The predicted molar refractivity (Wildman–Crippen MR) is 76.3 cm³/mol. The van der Waals surface area contributed by atoms with Crippen LogP contribution >= 0.6 is 0 Å². The van der Waals surface area contributed by atoms with Gasteiger partial charge in [-0.2, -0.15) is 0 Å². The molecule has 0 saturated carbocycles. The molecule has 0 amide bonds. The topological polar surface area (TPSA) is 20.2 Å². The van der Waals surface area contributed by atoms with Crippen molar-refractivity contribution in [2.24, 2.45) is 0 Å². The Morgan fingerprint density at radius 3 is 1.94 bits per heavy atom. The molecule has 1 N–H and O–H groups in total. The van der Waals surface area contributed by atoms with Crippen LogP contribution in [0.1, 0.15) is 27.7 Å². The maximum absolute atomic E-state index is 9.99. The van der Waals surface area contributed by atoms with Gasteiger partial charge in [0.15, 0.2) is 0 Å². The molecule has 1 nitrogen and oxygen atoms in total. The zero-order chi connectivity index (χ0) is 12.9. The van der Waals surface area contributed by atoms with Gasteiger partial charge in [-0.05, 0) is 0 Å².